The van der Waals surface area contributed by atoms with Crippen molar-refractivity contribution in [1.82, 2.24) is 0 Å². The van der Waals surface area contributed by atoms with Crippen LogP contribution >= 0.6 is 15.9 Å². The normalized spacial score (nSPS) is 19.1. The third kappa shape index (κ3) is 10.0. The van der Waals surface area contributed by atoms with Gasteiger partial charge < -0.3 is 5.11 Å². The van der Waals surface area contributed by atoms with E-state index in [2.05, 4.69) is 43.6 Å². The molecule has 0 saturated carbocycles. The molecular formula is C28H47BrO3. The number of hydrogen-bond acceptors (Lipinski definition) is 3. The van der Waals surface area contributed by atoms with Crippen molar-refractivity contribution in [2.75, 3.05) is 0 Å². The molecular weight excluding hydrogens is 464 g/mol. The van der Waals surface area contributed by atoms with Crippen LogP contribution in [0.3, 0.4) is 0 Å². The van der Waals surface area contributed by atoms with Crippen LogP contribution in [0, 0.1) is 17.8 Å². The number of carbonyl (C=O) groups excluding carboxylic acids is 2. The third-order valence-corrected chi connectivity index (χ3v) is 8.02. The van der Waals surface area contributed by atoms with Crippen LogP contribution in [0.1, 0.15) is 119 Å². The van der Waals surface area contributed by atoms with Gasteiger partial charge in [-0.05, 0) is 73.7 Å². The molecule has 1 rings (SSSR count). The first-order chi connectivity index (χ1) is 14.9. The highest BCUT2D eigenvalue weighted by molar-refractivity contribution is 9.12. The van der Waals surface area contributed by atoms with Gasteiger partial charge in [0.15, 0.2) is 11.6 Å². The largest absolute Gasteiger partial charge is 0.390 e. The summed E-state index contributed by atoms with van der Waals surface area (Å²) in [6, 6.07) is 0. The Bertz CT molecular complexity index is 699. The van der Waals surface area contributed by atoms with Crippen molar-refractivity contribution in [3.05, 3.63) is 21.2 Å². The molecule has 0 heterocycles. The molecule has 0 aromatic heterocycles. The first-order valence-electron chi connectivity index (χ1n) is 12.7. The molecule has 0 bridgehead atoms. The van der Waals surface area contributed by atoms with Gasteiger partial charge in [-0.1, -0.05) is 79.1 Å². The highest BCUT2D eigenvalue weighted by atomic mass is 79.9. The molecule has 0 amide bonds. The van der Waals surface area contributed by atoms with Gasteiger partial charge >= 0.3 is 0 Å². The van der Waals surface area contributed by atoms with Crippen molar-refractivity contribution in [2.24, 2.45) is 17.8 Å². The van der Waals surface area contributed by atoms with Crippen LogP contribution in [0.15, 0.2) is 21.2 Å². The van der Waals surface area contributed by atoms with E-state index in [4.69, 9.17) is 0 Å². The predicted octanol–water partition coefficient (Wildman–Crippen LogP) is 8.09. The Morgan fingerprint density at radius 1 is 0.781 bits per heavy atom. The Balaban J connectivity index is 2.32. The number of halogens is 1. The van der Waals surface area contributed by atoms with Crippen LogP contribution in [0.2, 0.25) is 0 Å². The molecule has 1 aliphatic rings. The number of carbonyl (C=O) groups is 2. The summed E-state index contributed by atoms with van der Waals surface area (Å²) in [5, 5.41) is 10.8. The van der Waals surface area contributed by atoms with Crippen LogP contribution in [0.4, 0.5) is 0 Å². The number of aliphatic hydroxyl groups is 1. The fourth-order valence-electron chi connectivity index (χ4n) is 4.52. The maximum absolute atomic E-state index is 12.6. The molecule has 4 heteroatoms. The summed E-state index contributed by atoms with van der Waals surface area (Å²) in [6.07, 6.45) is 11.7. The van der Waals surface area contributed by atoms with Crippen LogP contribution in [0.25, 0.3) is 0 Å². The number of ketones is 2. The smallest absolute Gasteiger partial charge is 0.196 e. The van der Waals surface area contributed by atoms with E-state index < -0.39 is 5.60 Å². The quantitative estimate of drug-likeness (QED) is 0.226. The Kier molecular flexibility index (Phi) is 12.7. The van der Waals surface area contributed by atoms with Crippen molar-refractivity contribution >= 4 is 27.5 Å². The van der Waals surface area contributed by atoms with Gasteiger partial charge in [0.25, 0.3) is 0 Å². The van der Waals surface area contributed by atoms with E-state index in [1.165, 1.54) is 38.5 Å². The summed E-state index contributed by atoms with van der Waals surface area (Å²) in [5.74, 6) is 2.14. The summed E-state index contributed by atoms with van der Waals surface area (Å²) >= 11 is 3.32. The molecule has 0 saturated heterocycles. The lowest BCUT2D eigenvalue weighted by atomic mass is 9.84. The van der Waals surface area contributed by atoms with E-state index in [0.29, 0.717) is 40.0 Å². The second kappa shape index (κ2) is 13.8. The zero-order valence-electron chi connectivity index (χ0n) is 21.7. The Labute approximate surface area is 205 Å². The summed E-state index contributed by atoms with van der Waals surface area (Å²) in [4.78, 5) is 24.9. The molecule has 0 aliphatic heterocycles. The minimum atomic E-state index is -0.821. The van der Waals surface area contributed by atoms with Crippen LogP contribution in [-0.4, -0.2) is 22.3 Å². The standard InChI is InChI=1S/C28H47BrO3/c1-19(2)11-8-12-20(3)13-9-14-21(4)15-10-17-28(7,32)18-16-24-25(29)27(31)23(6)22(5)26(24)30/h19-21,32H,8-18H2,1-7H3/t20-,21-,28?/m1/s1. The van der Waals surface area contributed by atoms with E-state index in [0.717, 1.165) is 31.1 Å². The van der Waals surface area contributed by atoms with E-state index in [9.17, 15) is 14.7 Å². The van der Waals surface area contributed by atoms with Gasteiger partial charge in [0.1, 0.15) is 0 Å². The zero-order chi connectivity index (χ0) is 24.5. The lowest BCUT2D eigenvalue weighted by molar-refractivity contribution is -0.116. The summed E-state index contributed by atoms with van der Waals surface area (Å²) in [5.41, 5.74) is 0.722. The highest BCUT2D eigenvalue weighted by Gasteiger charge is 2.30. The highest BCUT2D eigenvalue weighted by Crippen LogP contribution is 2.33. The molecule has 32 heavy (non-hydrogen) atoms. The van der Waals surface area contributed by atoms with E-state index in [-0.39, 0.29) is 11.6 Å². The number of Topliss-reactive ketones (excluding diaryl/α,β-unsaturated/α-hetero) is 2. The second-order valence-corrected chi connectivity index (χ2v) is 11.8. The van der Waals surface area contributed by atoms with Crippen LogP contribution < -0.4 is 0 Å². The molecule has 184 valence electrons. The maximum atomic E-state index is 12.6. The maximum Gasteiger partial charge on any atom is 0.196 e. The third-order valence-electron chi connectivity index (χ3n) is 7.18. The first-order valence-corrected chi connectivity index (χ1v) is 13.5. The van der Waals surface area contributed by atoms with E-state index in [1.807, 2.05) is 6.92 Å². The number of rotatable bonds is 15. The van der Waals surface area contributed by atoms with Gasteiger partial charge in [-0.2, -0.15) is 0 Å². The fourth-order valence-corrected chi connectivity index (χ4v) is 5.20. The Morgan fingerprint density at radius 2 is 1.25 bits per heavy atom. The molecule has 3 atom stereocenters. The monoisotopic (exact) mass is 510 g/mol. The molecule has 0 aromatic carbocycles. The summed E-state index contributed by atoms with van der Waals surface area (Å²) < 4.78 is 0.369. The SMILES string of the molecule is CC1=C(C)C(=O)C(CCC(C)(O)CCC[C@H](C)CCC[C@H](C)CCCC(C)C)=C(Br)C1=O. The molecule has 1 aliphatic carbocycles. The van der Waals surface area contributed by atoms with Crippen molar-refractivity contribution in [3.8, 4) is 0 Å². The molecule has 0 fully saturated rings. The van der Waals surface area contributed by atoms with Gasteiger partial charge in [-0.25, -0.2) is 0 Å². The lowest BCUT2D eigenvalue weighted by Crippen LogP contribution is -2.26. The average molecular weight is 512 g/mol. The molecule has 0 radical (unpaired) electrons. The van der Waals surface area contributed by atoms with Gasteiger partial charge in [0, 0.05) is 16.7 Å². The van der Waals surface area contributed by atoms with Crippen molar-refractivity contribution in [1.29, 1.82) is 0 Å². The van der Waals surface area contributed by atoms with E-state index >= 15 is 0 Å². The predicted molar refractivity (Wildman–Crippen MR) is 139 cm³/mol. The minimum absolute atomic E-state index is 0.0724. The molecule has 0 spiro atoms. The molecule has 1 unspecified atom stereocenters. The van der Waals surface area contributed by atoms with Gasteiger partial charge in [0.2, 0.25) is 0 Å². The summed E-state index contributed by atoms with van der Waals surface area (Å²) in [6.45, 7) is 14.6. The number of allylic oxidation sites excluding steroid dienone is 4. The van der Waals surface area contributed by atoms with Crippen molar-refractivity contribution in [3.63, 3.8) is 0 Å². The van der Waals surface area contributed by atoms with Gasteiger partial charge in [0.05, 0.1) is 10.1 Å². The van der Waals surface area contributed by atoms with Gasteiger partial charge in [-0.15, -0.1) is 0 Å². The van der Waals surface area contributed by atoms with Gasteiger partial charge in [-0.3, -0.25) is 9.59 Å². The Morgan fingerprint density at radius 3 is 1.78 bits per heavy atom. The average Bonchev–Trinajstić information content (AvgIpc) is 2.70. The van der Waals surface area contributed by atoms with Crippen LogP contribution in [-0.2, 0) is 9.59 Å². The Hall–Kier alpha value is -0.740. The molecule has 0 aromatic rings. The lowest BCUT2D eigenvalue weighted by Gasteiger charge is -2.26. The molecule has 3 nitrogen and oxygen atoms in total. The van der Waals surface area contributed by atoms with E-state index in [1.54, 1.807) is 13.8 Å². The fraction of sp³-hybridized carbons (Fsp3) is 0.786. The minimum Gasteiger partial charge on any atom is -0.390 e. The summed E-state index contributed by atoms with van der Waals surface area (Å²) in [7, 11) is 0. The second-order valence-electron chi connectivity index (χ2n) is 11.1. The van der Waals surface area contributed by atoms with Crippen molar-refractivity contribution in [2.45, 2.75) is 125 Å². The first kappa shape index (κ1) is 29.3. The molecule has 1 N–H and O–H groups in total. The topological polar surface area (TPSA) is 54.4 Å². The zero-order valence-corrected chi connectivity index (χ0v) is 23.2. The van der Waals surface area contributed by atoms with Crippen molar-refractivity contribution < 1.29 is 14.7 Å². The number of hydrogen-bond donors (Lipinski definition) is 1. The van der Waals surface area contributed by atoms with Crippen LogP contribution in [0.5, 0.6) is 0 Å².